The quantitative estimate of drug-likeness (QED) is 0.163. The Morgan fingerprint density at radius 1 is 0.735 bits per heavy atom. The van der Waals surface area contributed by atoms with Crippen LogP contribution >= 0.6 is 0 Å². The molecule has 0 fully saturated rings. The number of nitrogens with one attached hydrogen (secondary N) is 1. The molecule has 1 N–H and O–H groups in total. The Bertz CT molecular complexity index is 687. The number of esters is 1. The van der Waals surface area contributed by atoms with Crippen molar-refractivity contribution in [3.05, 3.63) is 23.8 Å². The van der Waals surface area contributed by atoms with Gasteiger partial charge in [-0.15, -0.1) is 0 Å². The van der Waals surface area contributed by atoms with Crippen LogP contribution in [-0.2, 0) is 37.9 Å². The van der Waals surface area contributed by atoms with Crippen molar-refractivity contribution in [2.24, 2.45) is 0 Å². The van der Waals surface area contributed by atoms with Crippen molar-refractivity contribution < 1.29 is 52.2 Å². The molecule has 0 bridgehead atoms. The fourth-order valence-corrected chi connectivity index (χ4v) is 2.37. The molecular formula is C22H35NO11. The average molecular weight is 490 g/mol. The molecule has 34 heavy (non-hydrogen) atoms. The maximum absolute atomic E-state index is 12.0. The SMILES string of the molecule is CNc1ccc(C(=O)OCOC(=O)OCCOCCOCCOCCOCCOC)cc1OC. The molecule has 12 heteroatoms. The van der Waals surface area contributed by atoms with E-state index in [4.69, 9.17) is 42.6 Å². The molecule has 1 aromatic rings. The lowest BCUT2D eigenvalue weighted by molar-refractivity contribution is -0.0372. The van der Waals surface area contributed by atoms with Gasteiger partial charge in [0.1, 0.15) is 12.4 Å². The van der Waals surface area contributed by atoms with E-state index in [1.165, 1.54) is 13.2 Å². The molecule has 0 heterocycles. The Labute approximate surface area is 199 Å². The number of hydrogen-bond donors (Lipinski definition) is 1. The molecule has 0 spiro atoms. The number of anilines is 1. The molecule has 0 unspecified atom stereocenters. The van der Waals surface area contributed by atoms with Crippen LogP contribution in [0.1, 0.15) is 10.4 Å². The minimum atomic E-state index is -0.973. The van der Waals surface area contributed by atoms with E-state index in [9.17, 15) is 9.59 Å². The molecule has 0 aliphatic rings. The lowest BCUT2D eigenvalue weighted by atomic mass is 10.2. The molecule has 0 saturated heterocycles. The van der Waals surface area contributed by atoms with E-state index in [2.05, 4.69) is 5.32 Å². The second kappa shape index (κ2) is 19.8. The van der Waals surface area contributed by atoms with Gasteiger partial charge < -0.3 is 47.9 Å². The van der Waals surface area contributed by atoms with Crippen molar-refractivity contribution >= 4 is 17.8 Å². The Morgan fingerprint density at radius 2 is 1.29 bits per heavy atom. The first-order chi connectivity index (χ1) is 16.6. The Hall–Kier alpha value is -2.64. The van der Waals surface area contributed by atoms with Gasteiger partial charge in [0, 0.05) is 14.2 Å². The number of rotatable bonds is 20. The summed E-state index contributed by atoms with van der Waals surface area (Å²) in [5, 5.41) is 2.93. The van der Waals surface area contributed by atoms with E-state index in [-0.39, 0.29) is 18.8 Å². The average Bonchev–Trinajstić information content (AvgIpc) is 2.85. The van der Waals surface area contributed by atoms with Gasteiger partial charge in [0.2, 0.25) is 6.79 Å². The summed E-state index contributed by atoms with van der Waals surface area (Å²) in [4.78, 5) is 23.5. The first kappa shape index (κ1) is 29.4. The Kier molecular flexibility index (Phi) is 17.1. The van der Waals surface area contributed by atoms with Crippen LogP contribution in [0.5, 0.6) is 5.75 Å². The summed E-state index contributed by atoms with van der Waals surface area (Å²) in [6.45, 7) is 3.32. The highest BCUT2D eigenvalue weighted by Gasteiger charge is 2.12. The van der Waals surface area contributed by atoms with Crippen molar-refractivity contribution in [3.8, 4) is 5.75 Å². The third-order valence-electron chi connectivity index (χ3n) is 4.07. The van der Waals surface area contributed by atoms with Crippen molar-refractivity contribution in [1.29, 1.82) is 0 Å². The van der Waals surface area contributed by atoms with Crippen molar-refractivity contribution in [3.63, 3.8) is 0 Å². The standard InChI is InChI=1S/C22H35NO11/c1-23-19-5-4-18(16-20(19)27-3)21(24)33-17-34-22(25)32-15-14-31-13-12-30-11-10-29-9-8-28-7-6-26-2/h4-5,16,23H,6-15,17H2,1-3H3. The van der Waals surface area contributed by atoms with Crippen molar-refractivity contribution in [2.75, 3.05) is 99.4 Å². The molecular weight excluding hydrogens is 454 g/mol. The van der Waals surface area contributed by atoms with Gasteiger partial charge in [-0.2, -0.15) is 0 Å². The molecule has 1 rings (SSSR count). The molecule has 0 amide bonds. The van der Waals surface area contributed by atoms with Gasteiger partial charge in [-0.1, -0.05) is 0 Å². The second-order valence-corrected chi connectivity index (χ2v) is 6.40. The van der Waals surface area contributed by atoms with Gasteiger partial charge in [0.05, 0.1) is 77.8 Å². The smallest absolute Gasteiger partial charge is 0.495 e. The van der Waals surface area contributed by atoms with Gasteiger partial charge in [-0.25, -0.2) is 9.59 Å². The predicted octanol–water partition coefficient (Wildman–Crippen LogP) is 1.72. The summed E-state index contributed by atoms with van der Waals surface area (Å²) in [6, 6.07) is 4.75. The molecule has 0 atom stereocenters. The van der Waals surface area contributed by atoms with Crippen LogP contribution < -0.4 is 10.1 Å². The minimum absolute atomic E-state index is 0.0123. The topological polar surface area (TPSA) is 129 Å². The zero-order chi connectivity index (χ0) is 24.9. The Balaban J connectivity index is 1.95. The largest absolute Gasteiger partial charge is 0.511 e. The van der Waals surface area contributed by atoms with Gasteiger partial charge in [-0.05, 0) is 18.2 Å². The Morgan fingerprint density at radius 3 is 1.82 bits per heavy atom. The number of hydrogen-bond acceptors (Lipinski definition) is 12. The number of carbonyl (C=O) groups is 2. The van der Waals surface area contributed by atoms with Gasteiger partial charge in [0.25, 0.3) is 0 Å². The fraction of sp³-hybridized carbons (Fsp3) is 0.636. The second-order valence-electron chi connectivity index (χ2n) is 6.40. The first-order valence-electron chi connectivity index (χ1n) is 10.7. The van der Waals surface area contributed by atoms with E-state index in [0.717, 1.165) is 5.69 Å². The third-order valence-corrected chi connectivity index (χ3v) is 4.07. The molecule has 0 aromatic heterocycles. The highest BCUT2D eigenvalue weighted by Crippen LogP contribution is 2.25. The molecule has 0 aliphatic carbocycles. The van der Waals surface area contributed by atoms with Crippen LogP contribution in [0.2, 0.25) is 0 Å². The molecule has 12 nitrogen and oxygen atoms in total. The lowest BCUT2D eigenvalue weighted by Crippen LogP contribution is -2.17. The van der Waals surface area contributed by atoms with Gasteiger partial charge >= 0.3 is 12.1 Å². The number of ether oxygens (including phenoxy) is 9. The highest BCUT2D eigenvalue weighted by atomic mass is 16.8. The highest BCUT2D eigenvalue weighted by molar-refractivity contribution is 5.90. The van der Waals surface area contributed by atoms with Gasteiger partial charge in [-0.3, -0.25) is 0 Å². The molecule has 194 valence electrons. The van der Waals surface area contributed by atoms with Crippen LogP contribution in [0.3, 0.4) is 0 Å². The predicted molar refractivity (Wildman–Crippen MR) is 120 cm³/mol. The summed E-state index contributed by atoms with van der Waals surface area (Å²) >= 11 is 0. The van der Waals surface area contributed by atoms with Gasteiger partial charge in [0.15, 0.2) is 0 Å². The van der Waals surface area contributed by atoms with Crippen LogP contribution in [0, 0.1) is 0 Å². The first-order valence-corrected chi connectivity index (χ1v) is 10.7. The molecule has 0 radical (unpaired) electrons. The van der Waals surface area contributed by atoms with Crippen molar-refractivity contribution in [1.82, 2.24) is 0 Å². The zero-order valence-corrected chi connectivity index (χ0v) is 20.0. The molecule has 0 saturated carbocycles. The third kappa shape index (κ3) is 13.8. The summed E-state index contributed by atoms with van der Waals surface area (Å²) in [6.07, 6.45) is -0.973. The summed E-state index contributed by atoms with van der Waals surface area (Å²) in [7, 11) is 4.84. The van der Waals surface area contributed by atoms with Crippen molar-refractivity contribution in [2.45, 2.75) is 0 Å². The molecule has 0 aliphatic heterocycles. The maximum Gasteiger partial charge on any atom is 0.511 e. The summed E-state index contributed by atoms with van der Waals surface area (Å²) < 4.78 is 45.7. The van der Waals surface area contributed by atoms with E-state index in [1.807, 2.05) is 0 Å². The van der Waals surface area contributed by atoms with Crippen LogP contribution in [0.4, 0.5) is 10.5 Å². The minimum Gasteiger partial charge on any atom is -0.495 e. The van der Waals surface area contributed by atoms with E-state index >= 15 is 0 Å². The summed E-state index contributed by atoms with van der Waals surface area (Å²) in [5.41, 5.74) is 0.971. The lowest BCUT2D eigenvalue weighted by Gasteiger charge is -2.10. The number of benzene rings is 1. The van der Waals surface area contributed by atoms with Crippen LogP contribution in [0.15, 0.2) is 18.2 Å². The van der Waals surface area contributed by atoms with E-state index in [0.29, 0.717) is 58.6 Å². The number of methoxy groups -OCH3 is 2. The number of carbonyl (C=O) groups excluding carboxylic acids is 2. The van der Waals surface area contributed by atoms with Crippen LogP contribution in [0.25, 0.3) is 0 Å². The fourth-order valence-electron chi connectivity index (χ4n) is 2.37. The maximum atomic E-state index is 12.0. The van der Waals surface area contributed by atoms with E-state index in [1.54, 1.807) is 26.3 Å². The zero-order valence-electron chi connectivity index (χ0n) is 20.0. The molecule has 1 aromatic carbocycles. The monoisotopic (exact) mass is 489 g/mol. The van der Waals surface area contributed by atoms with E-state index < -0.39 is 18.9 Å². The van der Waals surface area contributed by atoms with Crippen LogP contribution in [-0.4, -0.2) is 106 Å². The summed E-state index contributed by atoms with van der Waals surface area (Å²) in [5.74, 6) is -0.187. The normalized spacial score (nSPS) is 10.6.